The van der Waals surface area contributed by atoms with E-state index in [1.165, 1.54) is 0 Å². The van der Waals surface area contributed by atoms with Crippen LogP contribution >= 0.6 is 0 Å². The van der Waals surface area contributed by atoms with Crippen molar-refractivity contribution in [1.82, 2.24) is 0 Å². The Bertz CT molecular complexity index is 878. The fourth-order valence-corrected chi connectivity index (χ4v) is 3.74. The molecular formula is C24H31NO4. The highest BCUT2D eigenvalue weighted by molar-refractivity contribution is 5.97. The zero-order chi connectivity index (χ0) is 21.0. The molecule has 1 aliphatic rings. The summed E-state index contributed by atoms with van der Waals surface area (Å²) in [5, 5.41) is 2.98. The molecule has 5 heteroatoms. The van der Waals surface area contributed by atoms with Crippen LogP contribution in [-0.2, 0) is 16.0 Å². The second kappa shape index (κ2) is 8.87. The summed E-state index contributed by atoms with van der Waals surface area (Å²) >= 11 is 0. The van der Waals surface area contributed by atoms with Gasteiger partial charge in [-0.3, -0.25) is 4.79 Å². The first-order valence-corrected chi connectivity index (χ1v) is 10.3. The lowest BCUT2D eigenvalue weighted by Gasteiger charge is -2.37. The van der Waals surface area contributed by atoms with Crippen molar-refractivity contribution >= 4 is 11.6 Å². The molecule has 0 aliphatic carbocycles. The predicted octanol–water partition coefficient (Wildman–Crippen LogP) is 4.75. The van der Waals surface area contributed by atoms with Crippen LogP contribution in [-0.4, -0.2) is 31.3 Å². The van der Waals surface area contributed by atoms with Crippen LogP contribution in [0.4, 0.5) is 5.69 Å². The Kier molecular flexibility index (Phi) is 6.48. The zero-order valence-electron chi connectivity index (χ0n) is 18.1. The van der Waals surface area contributed by atoms with Gasteiger partial charge in [0.25, 0.3) is 5.91 Å². The molecule has 1 N–H and O–H groups in total. The molecule has 0 saturated heterocycles. The summed E-state index contributed by atoms with van der Waals surface area (Å²) in [4.78, 5) is 13.0. The van der Waals surface area contributed by atoms with Crippen molar-refractivity contribution in [3.05, 3.63) is 52.6 Å². The van der Waals surface area contributed by atoms with E-state index >= 15 is 0 Å². The molecule has 1 heterocycles. The first-order valence-electron chi connectivity index (χ1n) is 10.3. The van der Waals surface area contributed by atoms with Crippen molar-refractivity contribution in [1.29, 1.82) is 0 Å². The van der Waals surface area contributed by atoms with Crippen molar-refractivity contribution in [2.24, 2.45) is 0 Å². The second-order valence-corrected chi connectivity index (χ2v) is 7.71. The van der Waals surface area contributed by atoms with E-state index in [1.807, 2.05) is 58.0 Å². The number of nitrogens with one attached hydrogen (secondary N) is 1. The number of anilines is 1. The number of fused-ring (bicyclic) bond motifs is 1. The van der Waals surface area contributed by atoms with Gasteiger partial charge in [-0.2, -0.15) is 0 Å². The van der Waals surface area contributed by atoms with Crippen molar-refractivity contribution < 1.29 is 19.0 Å². The molecule has 2 aromatic rings. The number of ether oxygens (including phenoxy) is 3. The van der Waals surface area contributed by atoms with Gasteiger partial charge in [0, 0.05) is 24.3 Å². The maximum Gasteiger partial charge on any atom is 0.268 e. The molecule has 0 bridgehead atoms. The summed E-state index contributed by atoms with van der Waals surface area (Å²) in [7, 11) is 0. The van der Waals surface area contributed by atoms with Crippen LogP contribution in [0.5, 0.6) is 11.5 Å². The molecule has 0 fully saturated rings. The van der Waals surface area contributed by atoms with E-state index in [2.05, 4.69) is 12.2 Å². The first kappa shape index (κ1) is 21.2. The summed E-state index contributed by atoms with van der Waals surface area (Å²) < 4.78 is 17.8. The largest absolute Gasteiger partial charge is 0.491 e. The lowest BCUT2D eigenvalue weighted by molar-refractivity contribution is -0.131. The average Bonchev–Trinajstić information content (AvgIpc) is 2.72. The van der Waals surface area contributed by atoms with Crippen molar-refractivity contribution in [2.75, 3.05) is 25.1 Å². The van der Waals surface area contributed by atoms with Gasteiger partial charge in [0.1, 0.15) is 18.1 Å². The van der Waals surface area contributed by atoms with Crippen molar-refractivity contribution in [3.8, 4) is 11.5 Å². The van der Waals surface area contributed by atoms with E-state index < -0.39 is 5.60 Å². The molecule has 0 saturated carbocycles. The molecular weight excluding hydrogens is 366 g/mol. The standard InChI is InChI=1S/C24H31NO4/c1-6-27-14-15-28-21-16(2)17(3)22-20(18(21)4)12-13-24(5,29-22)23(26)25-19-10-8-7-9-11-19/h7-11H,6,12-15H2,1-5H3,(H,25,26). The van der Waals surface area contributed by atoms with Crippen LogP contribution in [0.1, 0.15) is 42.5 Å². The zero-order valence-corrected chi connectivity index (χ0v) is 18.1. The van der Waals surface area contributed by atoms with Gasteiger partial charge in [0.2, 0.25) is 0 Å². The van der Waals surface area contributed by atoms with Crippen molar-refractivity contribution in [2.45, 2.75) is 53.1 Å². The van der Waals surface area contributed by atoms with Gasteiger partial charge in [0.15, 0.2) is 5.60 Å². The van der Waals surface area contributed by atoms with E-state index in [1.54, 1.807) is 0 Å². The first-order chi connectivity index (χ1) is 13.9. The minimum atomic E-state index is -0.913. The lowest BCUT2D eigenvalue weighted by Crippen LogP contribution is -2.48. The van der Waals surface area contributed by atoms with Gasteiger partial charge < -0.3 is 19.5 Å². The fraction of sp³-hybridized carbons (Fsp3) is 0.458. The van der Waals surface area contributed by atoms with E-state index in [0.717, 1.165) is 45.9 Å². The number of carbonyl (C=O) groups excluding carboxylic acids is 1. The summed E-state index contributed by atoms with van der Waals surface area (Å²) in [6.07, 6.45) is 1.38. The number of hydrogen-bond donors (Lipinski definition) is 1. The highest BCUT2D eigenvalue weighted by Crippen LogP contribution is 2.44. The topological polar surface area (TPSA) is 56.8 Å². The fourth-order valence-electron chi connectivity index (χ4n) is 3.74. The van der Waals surface area contributed by atoms with Gasteiger partial charge in [-0.25, -0.2) is 0 Å². The van der Waals surface area contributed by atoms with Crippen LogP contribution in [0.15, 0.2) is 30.3 Å². The molecule has 1 amide bonds. The number of hydrogen-bond acceptors (Lipinski definition) is 4. The molecule has 3 rings (SSSR count). The highest BCUT2D eigenvalue weighted by atomic mass is 16.5. The van der Waals surface area contributed by atoms with E-state index in [0.29, 0.717) is 26.2 Å². The normalized spacial score (nSPS) is 18.0. The Balaban J connectivity index is 1.83. The molecule has 2 aromatic carbocycles. The number of para-hydroxylation sites is 1. The summed E-state index contributed by atoms with van der Waals surface area (Å²) in [6, 6.07) is 9.48. The Morgan fingerprint density at radius 2 is 1.83 bits per heavy atom. The summed E-state index contributed by atoms with van der Waals surface area (Å²) in [5.74, 6) is 1.59. The van der Waals surface area contributed by atoms with Crippen LogP contribution in [0.2, 0.25) is 0 Å². The van der Waals surface area contributed by atoms with Gasteiger partial charge in [-0.05, 0) is 69.9 Å². The minimum absolute atomic E-state index is 0.124. The molecule has 0 aromatic heterocycles. The molecule has 156 valence electrons. The third-order valence-electron chi connectivity index (χ3n) is 5.68. The molecule has 5 nitrogen and oxygen atoms in total. The molecule has 1 atom stereocenters. The molecule has 29 heavy (non-hydrogen) atoms. The number of rotatable bonds is 7. The Morgan fingerprint density at radius 3 is 2.52 bits per heavy atom. The second-order valence-electron chi connectivity index (χ2n) is 7.71. The Morgan fingerprint density at radius 1 is 1.10 bits per heavy atom. The van der Waals surface area contributed by atoms with Crippen LogP contribution < -0.4 is 14.8 Å². The molecule has 0 spiro atoms. The average molecular weight is 398 g/mol. The van der Waals surface area contributed by atoms with E-state index in [9.17, 15) is 4.79 Å². The lowest BCUT2D eigenvalue weighted by atomic mass is 9.86. The summed E-state index contributed by atoms with van der Waals surface area (Å²) in [5.41, 5.74) is 4.15. The smallest absolute Gasteiger partial charge is 0.268 e. The third kappa shape index (κ3) is 4.40. The highest BCUT2D eigenvalue weighted by Gasteiger charge is 2.41. The van der Waals surface area contributed by atoms with Gasteiger partial charge >= 0.3 is 0 Å². The number of carbonyl (C=O) groups is 1. The molecule has 1 unspecified atom stereocenters. The maximum atomic E-state index is 13.0. The number of amides is 1. The minimum Gasteiger partial charge on any atom is -0.491 e. The third-order valence-corrected chi connectivity index (χ3v) is 5.68. The quantitative estimate of drug-likeness (QED) is 0.685. The molecule has 1 aliphatic heterocycles. The summed E-state index contributed by atoms with van der Waals surface area (Å²) in [6.45, 7) is 11.7. The Hall–Kier alpha value is -2.53. The van der Waals surface area contributed by atoms with Crippen LogP contribution in [0.25, 0.3) is 0 Å². The van der Waals surface area contributed by atoms with E-state index in [4.69, 9.17) is 14.2 Å². The van der Waals surface area contributed by atoms with Crippen LogP contribution in [0, 0.1) is 20.8 Å². The molecule has 0 radical (unpaired) electrons. The Labute approximate surface area is 173 Å². The van der Waals surface area contributed by atoms with Crippen molar-refractivity contribution in [3.63, 3.8) is 0 Å². The number of benzene rings is 2. The predicted molar refractivity (Wildman–Crippen MR) is 115 cm³/mol. The van der Waals surface area contributed by atoms with Gasteiger partial charge in [0.05, 0.1) is 6.61 Å². The SMILES string of the molecule is CCOCCOc1c(C)c(C)c2c(c1C)CCC(C)(C(=O)Nc1ccccc1)O2. The van der Waals surface area contributed by atoms with Crippen LogP contribution in [0.3, 0.4) is 0 Å². The van der Waals surface area contributed by atoms with Gasteiger partial charge in [-0.1, -0.05) is 18.2 Å². The maximum absolute atomic E-state index is 13.0. The monoisotopic (exact) mass is 397 g/mol. The van der Waals surface area contributed by atoms with Gasteiger partial charge in [-0.15, -0.1) is 0 Å². The van der Waals surface area contributed by atoms with E-state index in [-0.39, 0.29) is 5.91 Å².